The minimum atomic E-state index is -0.402. The molecule has 2 aromatic carbocycles. The quantitative estimate of drug-likeness (QED) is 0.595. The maximum atomic E-state index is 13.2. The normalized spacial score (nSPS) is 9.89. The highest BCUT2D eigenvalue weighted by Gasteiger charge is 2.06. The monoisotopic (exact) mass is 244 g/mol. The summed E-state index contributed by atoms with van der Waals surface area (Å²) in [7, 11) is 0. The Kier molecular flexibility index (Phi) is 3.63. The third-order valence-electron chi connectivity index (χ3n) is 2.51. The number of rotatable bonds is 3. The fraction of sp³-hybridized carbons (Fsp3) is 0. The Hall–Kier alpha value is -2.29. The molecule has 0 fully saturated rings. The highest BCUT2D eigenvalue weighted by Crippen LogP contribution is 2.24. The van der Waals surface area contributed by atoms with Gasteiger partial charge in [0, 0.05) is 0 Å². The van der Waals surface area contributed by atoms with E-state index in [9.17, 15) is 13.6 Å². The molecule has 3 heteroatoms. The van der Waals surface area contributed by atoms with Gasteiger partial charge in [0.1, 0.15) is 17.9 Å². The molecule has 0 saturated heterocycles. The molecule has 0 spiro atoms. The van der Waals surface area contributed by atoms with Crippen molar-refractivity contribution in [2.75, 3.05) is 0 Å². The van der Waals surface area contributed by atoms with Crippen LogP contribution in [0.4, 0.5) is 8.78 Å². The number of hydrogen-bond acceptors (Lipinski definition) is 1. The highest BCUT2D eigenvalue weighted by atomic mass is 19.1. The average molecular weight is 244 g/mol. The Morgan fingerprint density at radius 3 is 1.78 bits per heavy atom. The maximum Gasteiger partial charge on any atom is 0.143 e. The molecular weight excluding hydrogens is 234 g/mol. The number of carbonyl (C=O) groups is 1. The van der Waals surface area contributed by atoms with Gasteiger partial charge in [0.25, 0.3) is 0 Å². The molecule has 0 bridgehead atoms. The zero-order valence-electron chi connectivity index (χ0n) is 9.44. The van der Waals surface area contributed by atoms with Gasteiger partial charge in [-0.05, 0) is 47.0 Å². The van der Waals surface area contributed by atoms with Crippen LogP contribution in [0.3, 0.4) is 0 Å². The number of carbonyl (C=O) groups excluding carboxylic acids is 1. The second kappa shape index (κ2) is 5.36. The molecule has 0 atom stereocenters. The number of hydrogen-bond donors (Lipinski definition) is 0. The van der Waals surface area contributed by atoms with Crippen LogP contribution < -0.4 is 0 Å². The van der Waals surface area contributed by atoms with Crippen LogP contribution in [-0.2, 0) is 4.79 Å². The first-order chi connectivity index (χ1) is 8.70. The molecule has 0 radical (unpaired) electrons. The second-order valence-corrected chi connectivity index (χ2v) is 3.74. The molecule has 0 aliphatic rings. The van der Waals surface area contributed by atoms with Crippen molar-refractivity contribution < 1.29 is 13.6 Å². The third-order valence-corrected chi connectivity index (χ3v) is 2.51. The van der Waals surface area contributed by atoms with Gasteiger partial charge >= 0.3 is 0 Å². The van der Waals surface area contributed by atoms with Crippen molar-refractivity contribution in [2.45, 2.75) is 0 Å². The van der Waals surface area contributed by atoms with Gasteiger partial charge in [0.05, 0.1) is 0 Å². The lowest BCUT2D eigenvalue weighted by Crippen LogP contribution is -1.91. The molecule has 0 heterocycles. The third kappa shape index (κ3) is 2.69. The summed E-state index contributed by atoms with van der Waals surface area (Å²) in [6.45, 7) is 0. The van der Waals surface area contributed by atoms with E-state index < -0.39 is 11.6 Å². The Bertz CT molecular complexity index is 555. The van der Waals surface area contributed by atoms with E-state index in [2.05, 4.69) is 0 Å². The van der Waals surface area contributed by atoms with E-state index in [1.54, 1.807) is 24.3 Å². The lowest BCUT2D eigenvalue weighted by molar-refractivity contribution is -0.104. The van der Waals surface area contributed by atoms with E-state index in [-0.39, 0.29) is 0 Å². The minimum Gasteiger partial charge on any atom is -0.299 e. The lowest BCUT2D eigenvalue weighted by Gasteiger charge is -2.07. The second-order valence-electron chi connectivity index (χ2n) is 3.74. The zero-order valence-corrected chi connectivity index (χ0v) is 9.44. The summed E-state index contributed by atoms with van der Waals surface area (Å²) in [6, 6.07) is 11.7. The summed E-state index contributed by atoms with van der Waals surface area (Å²) in [5.41, 5.74) is 1.56. The lowest BCUT2D eigenvalue weighted by atomic mass is 9.97. The van der Waals surface area contributed by atoms with Gasteiger partial charge in [0.2, 0.25) is 0 Å². The van der Waals surface area contributed by atoms with Crippen LogP contribution in [0.5, 0.6) is 0 Å². The first kappa shape index (κ1) is 12.2. The largest absolute Gasteiger partial charge is 0.299 e. The van der Waals surface area contributed by atoms with Crippen LogP contribution in [0, 0.1) is 11.6 Å². The average Bonchev–Trinajstić information content (AvgIpc) is 2.36. The molecule has 0 amide bonds. The minimum absolute atomic E-state index is 0.402. The van der Waals surface area contributed by atoms with Crippen LogP contribution in [0.2, 0.25) is 0 Å². The summed E-state index contributed by atoms with van der Waals surface area (Å²) >= 11 is 0. The van der Waals surface area contributed by atoms with Crippen LogP contribution in [0.15, 0.2) is 54.6 Å². The molecule has 1 nitrogen and oxygen atoms in total. The number of benzene rings is 2. The molecule has 18 heavy (non-hydrogen) atoms. The van der Waals surface area contributed by atoms with E-state index in [0.717, 1.165) is 0 Å². The molecule has 0 N–H and O–H groups in total. The van der Waals surface area contributed by atoms with Gasteiger partial charge in [-0.3, -0.25) is 4.79 Å². The van der Waals surface area contributed by atoms with E-state index >= 15 is 0 Å². The van der Waals surface area contributed by atoms with Gasteiger partial charge < -0.3 is 0 Å². The topological polar surface area (TPSA) is 17.1 Å². The summed E-state index contributed by atoms with van der Waals surface area (Å²) in [6.07, 6.45) is 1.90. The fourth-order valence-corrected chi connectivity index (χ4v) is 1.74. The van der Waals surface area contributed by atoms with Crippen LogP contribution in [-0.4, -0.2) is 6.29 Å². The molecular formula is C15H10F2O. The molecule has 0 aromatic heterocycles. The molecule has 0 aliphatic carbocycles. The smallest absolute Gasteiger partial charge is 0.143 e. The van der Waals surface area contributed by atoms with Crippen molar-refractivity contribution in [1.29, 1.82) is 0 Å². The van der Waals surface area contributed by atoms with Gasteiger partial charge in [-0.25, -0.2) is 8.78 Å². The van der Waals surface area contributed by atoms with Crippen molar-refractivity contribution in [3.63, 3.8) is 0 Å². The van der Waals surface area contributed by atoms with Gasteiger partial charge in [-0.1, -0.05) is 24.3 Å². The van der Waals surface area contributed by atoms with E-state index in [4.69, 9.17) is 0 Å². The SMILES string of the molecule is O=CC=C(c1cccc(F)c1)c1cccc(F)c1. The zero-order chi connectivity index (χ0) is 13.0. The van der Waals surface area contributed by atoms with Crippen molar-refractivity contribution in [3.8, 4) is 0 Å². The van der Waals surface area contributed by atoms with E-state index in [1.165, 1.54) is 30.3 Å². The first-order valence-corrected chi connectivity index (χ1v) is 5.38. The molecule has 0 saturated carbocycles. The Labute approximate surface area is 103 Å². The molecule has 0 unspecified atom stereocenters. The Balaban J connectivity index is 2.54. The fourth-order valence-electron chi connectivity index (χ4n) is 1.74. The number of aldehydes is 1. The first-order valence-electron chi connectivity index (χ1n) is 5.38. The molecule has 2 rings (SSSR count). The van der Waals surface area contributed by atoms with Crippen LogP contribution in [0.25, 0.3) is 5.57 Å². The molecule has 0 aliphatic heterocycles. The predicted molar refractivity (Wildman–Crippen MR) is 65.9 cm³/mol. The summed E-state index contributed by atoms with van der Waals surface area (Å²) in [5, 5.41) is 0. The standard InChI is InChI=1S/C15H10F2O/c16-13-5-1-3-11(9-13)15(7-8-18)12-4-2-6-14(17)10-12/h1-10H. The number of halogens is 2. The number of allylic oxidation sites excluding steroid dienone is 1. The Morgan fingerprint density at radius 1 is 0.889 bits per heavy atom. The summed E-state index contributed by atoms with van der Waals surface area (Å²) in [4.78, 5) is 10.7. The summed E-state index contributed by atoms with van der Waals surface area (Å²) < 4.78 is 26.3. The van der Waals surface area contributed by atoms with Crippen molar-refractivity contribution >= 4 is 11.9 Å². The van der Waals surface area contributed by atoms with Crippen molar-refractivity contribution in [2.24, 2.45) is 0 Å². The van der Waals surface area contributed by atoms with Crippen molar-refractivity contribution in [1.82, 2.24) is 0 Å². The predicted octanol–water partition coefficient (Wildman–Crippen LogP) is 3.60. The van der Waals surface area contributed by atoms with Crippen LogP contribution in [0.1, 0.15) is 11.1 Å². The van der Waals surface area contributed by atoms with Crippen LogP contribution >= 0.6 is 0 Å². The van der Waals surface area contributed by atoms with Gasteiger partial charge in [0.15, 0.2) is 0 Å². The maximum absolute atomic E-state index is 13.2. The van der Waals surface area contributed by atoms with Crippen molar-refractivity contribution in [3.05, 3.63) is 77.4 Å². The van der Waals surface area contributed by atoms with Gasteiger partial charge in [-0.15, -0.1) is 0 Å². The Morgan fingerprint density at radius 2 is 1.39 bits per heavy atom. The van der Waals surface area contributed by atoms with E-state index in [0.29, 0.717) is 23.0 Å². The van der Waals surface area contributed by atoms with E-state index in [1.807, 2.05) is 0 Å². The molecule has 2 aromatic rings. The molecule has 90 valence electrons. The summed E-state index contributed by atoms with van der Waals surface area (Å²) in [5.74, 6) is -0.804. The highest BCUT2D eigenvalue weighted by molar-refractivity contribution is 5.89. The van der Waals surface area contributed by atoms with Gasteiger partial charge in [-0.2, -0.15) is 0 Å².